The summed E-state index contributed by atoms with van der Waals surface area (Å²) in [6.45, 7) is 7.05. The average Bonchev–Trinajstić information content (AvgIpc) is 2.55. The molecule has 0 fully saturated rings. The van der Waals surface area contributed by atoms with E-state index in [0.29, 0.717) is 13.2 Å². The van der Waals surface area contributed by atoms with Crippen molar-refractivity contribution < 1.29 is 14.3 Å². The number of hydrogen-bond donors (Lipinski definition) is 1. The van der Waals surface area contributed by atoms with Gasteiger partial charge < -0.3 is 14.8 Å². The summed E-state index contributed by atoms with van der Waals surface area (Å²) in [5, 5.41) is 2.85. The van der Waals surface area contributed by atoms with Crippen molar-refractivity contribution in [2.24, 2.45) is 0 Å². The number of nitrogens with one attached hydrogen (secondary N) is 1. The Morgan fingerprint density at radius 1 is 1.04 bits per heavy atom. The van der Waals surface area contributed by atoms with Crippen LogP contribution in [0.3, 0.4) is 0 Å². The monoisotopic (exact) mass is 313 g/mol. The van der Waals surface area contributed by atoms with E-state index in [1.165, 1.54) is 0 Å². The summed E-state index contributed by atoms with van der Waals surface area (Å²) >= 11 is 0. The highest BCUT2D eigenvalue weighted by Crippen LogP contribution is 2.18. The predicted molar refractivity (Wildman–Crippen MR) is 90.9 cm³/mol. The Morgan fingerprint density at radius 2 is 1.78 bits per heavy atom. The molecule has 0 heterocycles. The number of ether oxygens (including phenoxy) is 2. The third kappa shape index (κ3) is 5.33. The van der Waals surface area contributed by atoms with E-state index in [4.69, 9.17) is 9.47 Å². The first-order chi connectivity index (χ1) is 11.1. The third-order valence-corrected chi connectivity index (χ3v) is 3.43. The molecule has 4 heteroatoms. The van der Waals surface area contributed by atoms with Crippen LogP contribution in [0.4, 0.5) is 0 Å². The molecule has 0 atom stereocenters. The van der Waals surface area contributed by atoms with Crippen molar-refractivity contribution >= 4 is 5.91 Å². The smallest absolute Gasteiger partial charge is 0.258 e. The maximum Gasteiger partial charge on any atom is 0.258 e. The van der Waals surface area contributed by atoms with Gasteiger partial charge in [0.25, 0.3) is 5.91 Å². The SMILES string of the molecule is CCOc1ccc(CNC(=O)COc2cc(C)ccc2C)cc1. The van der Waals surface area contributed by atoms with Crippen LogP contribution in [-0.2, 0) is 11.3 Å². The molecule has 0 saturated heterocycles. The lowest BCUT2D eigenvalue weighted by molar-refractivity contribution is -0.123. The van der Waals surface area contributed by atoms with Gasteiger partial charge in [-0.05, 0) is 55.7 Å². The van der Waals surface area contributed by atoms with Gasteiger partial charge in [0.2, 0.25) is 0 Å². The first-order valence-electron chi connectivity index (χ1n) is 7.77. The molecule has 0 bridgehead atoms. The quantitative estimate of drug-likeness (QED) is 0.852. The van der Waals surface area contributed by atoms with Crippen LogP contribution in [0.1, 0.15) is 23.6 Å². The standard InChI is InChI=1S/C19H23NO3/c1-4-22-17-9-7-16(8-10-17)12-20-19(21)13-23-18-11-14(2)5-6-15(18)3/h5-11H,4,12-13H2,1-3H3,(H,20,21). The number of carbonyl (C=O) groups excluding carboxylic acids is 1. The average molecular weight is 313 g/mol. The van der Waals surface area contributed by atoms with Crippen LogP contribution in [0.2, 0.25) is 0 Å². The van der Waals surface area contributed by atoms with Crippen molar-refractivity contribution in [2.75, 3.05) is 13.2 Å². The predicted octanol–water partition coefficient (Wildman–Crippen LogP) is 3.40. The summed E-state index contributed by atoms with van der Waals surface area (Å²) < 4.78 is 11.0. The molecule has 0 unspecified atom stereocenters. The molecule has 4 nitrogen and oxygen atoms in total. The van der Waals surface area contributed by atoms with E-state index < -0.39 is 0 Å². The summed E-state index contributed by atoms with van der Waals surface area (Å²) in [7, 11) is 0. The van der Waals surface area contributed by atoms with Gasteiger partial charge in [0.05, 0.1) is 6.61 Å². The maximum absolute atomic E-state index is 11.9. The molecule has 0 aromatic heterocycles. The Hall–Kier alpha value is -2.49. The largest absolute Gasteiger partial charge is 0.494 e. The molecule has 1 N–H and O–H groups in total. The van der Waals surface area contributed by atoms with Crippen molar-refractivity contribution in [3.05, 3.63) is 59.2 Å². The molecule has 2 rings (SSSR count). The van der Waals surface area contributed by atoms with Crippen molar-refractivity contribution in [3.8, 4) is 11.5 Å². The van der Waals surface area contributed by atoms with Crippen molar-refractivity contribution in [2.45, 2.75) is 27.3 Å². The minimum absolute atomic E-state index is 0.0152. The Morgan fingerprint density at radius 3 is 2.48 bits per heavy atom. The third-order valence-electron chi connectivity index (χ3n) is 3.43. The first kappa shape index (κ1) is 16.9. The molecule has 1 amide bonds. The highest BCUT2D eigenvalue weighted by atomic mass is 16.5. The molecule has 0 aliphatic heterocycles. The molecule has 0 aliphatic rings. The Balaban J connectivity index is 1.79. The van der Waals surface area contributed by atoms with Crippen LogP contribution in [0, 0.1) is 13.8 Å². The Bertz CT molecular complexity index is 650. The van der Waals surface area contributed by atoms with Gasteiger partial charge in [-0.1, -0.05) is 24.3 Å². The summed E-state index contributed by atoms with van der Waals surface area (Å²) in [5.74, 6) is 1.45. The van der Waals surface area contributed by atoms with E-state index in [2.05, 4.69) is 5.32 Å². The molecule has 122 valence electrons. The first-order valence-corrected chi connectivity index (χ1v) is 7.77. The fourth-order valence-electron chi connectivity index (χ4n) is 2.13. The zero-order valence-corrected chi connectivity index (χ0v) is 13.9. The van der Waals surface area contributed by atoms with Crippen LogP contribution in [-0.4, -0.2) is 19.1 Å². The maximum atomic E-state index is 11.9. The topological polar surface area (TPSA) is 47.6 Å². The molecular weight excluding hydrogens is 290 g/mol. The minimum atomic E-state index is -0.139. The van der Waals surface area contributed by atoms with Gasteiger partial charge in [0, 0.05) is 6.54 Å². The number of benzene rings is 2. The Kier molecular flexibility index (Phi) is 6.03. The van der Waals surface area contributed by atoms with Gasteiger partial charge in [-0.2, -0.15) is 0 Å². The van der Waals surface area contributed by atoms with E-state index in [0.717, 1.165) is 28.2 Å². The second-order valence-corrected chi connectivity index (χ2v) is 5.41. The Labute approximate surface area is 137 Å². The second-order valence-electron chi connectivity index (χ2n) is 5.41. The second kappa shape index (κ2) is 8.22. The molecule has 2 aromatic rings. The molecule has 23 heavy (non-hydrogen) atoms. The fourth-order valence-corrected chi connectivity index (χ4v) is 2.13. The van der Waals surface area contributed by atoms with E-state index in [1.54, 1.807) is 0 Å². The normalized spacial score (nSPS) is 10.2. The van der Waals surface area contributed by atoms with Gasteiger partial charge in [0.1, 0.15) is 11.5 Å². The van der Waals surface area contributed by atoms with Gasteiger partial charge >= 0.3 is 0 Å². The fraction of sp³-hybridized carbons (Fsp3) is 0.316. The van der Waals surface area contributed by atoms with Crippen LogP contribution >= 0.6 is 0 Å². The number of amides is 1. The van der Waals surface area contributed by atoms with Gasteiger partial charge in [-0.3, -0.25) is 4.79 Å². The van der Waals surface area contributed by atoms with E-state index >= 15 is 0 Å². The van der Waals surface area contributed by atoms with Crippen molar-refractivity contribution in [3.63, 3.8) is 0 Å². The molecule has 2 aromatic carbocycles. The van der Waals surface area contributed by atoms with Crippen molar-refractivity contribution in [1.29, 1.82) is 0 Å². The summed E-state index contributed by atoms with van der Waals surface area (Å²) in [6, 6.07) is 13.6. The molecule has 0 saturated carbocycles. The highest BCUT2D eigenvalue weighted by molar-refractivity contribution is 5.77. The van der Waals surface area contributed by atoms with Crippen molar-refractivity contribution in [1.82, 2.24) is 5.32 Å². The summed E-state index contributed by atoms with van der Waals surface area (Å²) in [6.07, 6.45) is 0. The summed E-state index contributed by atoms with van der Waals surface area (Å²) in [5.41, 5.74) is 3.16. The number of aryl methyl sites for hydroxylation is 2. The molecule has 0 spiro atoms. The lowest BCUT2D eigenvalue weighted by Crippen LogP contribution is -2.28. The van der Waals surface area contributed by atoms with Gasteiger partial charge in [0.15, 0.2) is 6.61 Å². The number of carbonyl (C=O) groups is 1. The molecular formula is C19H23NO3. The lowest BCUT2D eigenvalue weighted by atomic mass is 10.1. The van der Waals surface area contributed by atoms with Crippen LogP contribution in [0.15, 0.2) is 42.5 Å². The molecule has 0 aliphatic carbocycles. The lowest BCUT2D eigenvalue weighted by Gasteiger charge is -2.10. The van der Waals surface area contributed by atoms with E-state index in [9.17, 15) is 4.79 Å². The molecule has 0 radical (unpaired) electrons. The minimum Gasteiger partial charge on any atom is -0.494 e. The van der Waals surface area contributed by atoms with Gasteiger partial charge in [-0.15, -0.1) is 0 Å². The van der Waals surface area contributed by atoms with Crippen LogP contribution in [0.25, 0.3) is 0 Å². The summed E-state index contributed by atoms with van der Waals surface area (Å²) in [4.78, 5) is 11.9. The van der Waals surface area contributed by atoms with E-state index in [1.807, 2.05) is 63.2 Å². The van der Waals surface area contributed by atoms with E-state index in [-0.39, 0.29) is 12.5 Å². The van der Waals surface area contributed by atoms with Crippen LogP contribution < -0.4 is 14.8 Å². The number of rotatable bonds is 7. The van der Waals surface area contributed by atoms with Crippen LogP contribution in [0.5, 0.6) is 11.5 Å². The zero-order valence-electron chi connectivity index (χ0n) is 13.9. The van der Waals surface area contributed by atoms with Gasteiger partial charge in [-0.25, -0.2) is 0 Å². The number of hydrogen-bond acceptors (Lipinski definition) is 3. The highest BCUT2D eigenvalue weighted by Gasteiger charge is 2.05. The zero-order chi connectivity index (χ0) is 16.7.